The second kappa shape index (κ2) is 7.74. The van der Waals surface area contributed by atoms with E-state index < -0.39 is 6.10 Å². The number of rotatable bonds is 4. The molecule has 2 aliphatic rings. The number of carbonyl (C=O) groups excluding carboxylic acids is 2. The lowest BCUT2D eigenvalue weighted by Crippen LogP contribution is -2.34. The molecule has 0 aliphatic carbocycles. The Balaban J connectivity index is 1.96. The van der Waals surface area contributed by atoms with Gasteiger partial charge in [0.2, 0.25) is 0 Å². The van der Waals surface area contributed by atoms with Crippen molar-refractivity contribution in [2.45, 2.75) is 91.0 Å². The summed E-state index contributed by atoms with van der Waals surface area (Å²) < 4.78 is 17.3. The minimum atomic E-state index is -0.647. The Morgan fingerprint density at radius 1 is 1.29 bits per heavy atom. The molecule has 1 aromatic rings. The Bertz CT molecular complexity index is 795. The van der Waals surface area contributed by atoms with Gasteiger partial charge >= 0.3 is 11.9 Å². The van der Waals surface area contributed by atoms with E-state index in [0.717, 1.165) is 40.8 Å². The highest BCUT2D eigenvalue weighted by Gasteiger charge is 2.33. The Morgan fingerprint density at radius 3 is 2.64 bits per heavy atom. The number of aliphatic hydroxyl groups is 1. The molecule has 0 radical (unpaired) electrons. The standard InChI is InChI=1S/C22H30O6/c1-12-17(7-6-16-10-15(24)11-19(25)27-16)21-18(8-9-22(4,5)28-21)13(2)20(12)26-14(3)23/h15-16,24H,6-11H2,1-5H3/t15-,16-/m1/s1. The maximum atomic E-state index is 11.6. The molecule has 0 unspecified atom stereocenters. The van der Waals surface area contributed by atoms with Crippen LogP contribution >= 0.6 is 0 Å². The third kappa shape index (κ3) is 4.32. The van der Waals surface area contributed by atoms with Crippen LogP contribution in [0.1, 0.15) is 68.7 Å². The Labute approximate surface area is 166 Å². The largest absolute Gasteiger partial charge is 0.487 e. The molecule has 3 rings (SSSR count). The summed E-state index contributed by atoms with van der Waals surface area (Å²) in [4.78, 5) is 23.3. The number of aliphatic hydroxyl groups excluding tert-OH is 1. The monoisotopic (exact) mass is 390 g/mol. The third-order valence-electron chi connectivity index (χ3n) is 5.69. The van der Waals surface area contributed by atoms with Crippen LogP contribution in [0.15, 0.2) is 0 Å². The van der Waals surface area contributed by atoms with Crippen molar-refractivity contribution in [3.8, 4) is 11.5 Å². The van der Waals surface area contributed by atoms with E-state index in [-0.39, 0.29) is 30.1 Å². The van der Waals surface area contributed by atoms with Crippen LogP contribution < -0.4 is 9.47 Å². The molecule has 2 aliphatic heterocycles. The van der Waals surface area contributed by atoms with Crippen LogP contribution in [0.3, 0.4) is 0 Å². The summed E-state index contributed by atoms with van der Waals surface area (Å²) in [5, 5.41) is 9.86. The number of hydrogen-bond donors (Lipinski definition) is 1. The van der Waals surface area contributed by atoms with Crippen LogP contribution in [0.4, 0.5) is 0 Å². The molecule has 6 nitrogen and oxygen atoms in total. The summed E-state index contributed by atoms with van der Waals surface area (Å²) in [7, 11) is 0. The molecule has 0 bridgehead atoms. The molecule has 28 heavy (non-hydrogen) atoms. The van der Waals surface area contributed by atoms with E-state index in [1.807, 2.05) is 13.8 Å². The number of carbonyl (C=O) groups is 2. The molecule has 1 aromatic carbocycles. The van der Waals surface area contributed by atoms with Crippen LogP contribution in [0.5, 0.6) is 11.5 Å². The predicted octanol–water partition coefficient (Wildman–Crippen LogP) is 3.33. The van der Waals surface area contributed by atoms with Gasteiger partial charge in [-0.2, -0.15) is 0 Å². The van der Waals surface area contributed by atoms with Gasteiger partial charge in [0.15, 0.2) is 0 Å². The molecule has 0 aromatic heterocycles. The lowest BCUT2D eigenvalue weighted by molar-refractivity contribution is -0.160. The molecular formula is C22H30O6. The molecule has 6 heteroatoms. The minimum Gasteiger partial charge on any atom is -0.487 e. The van der Waals surface area contributed by atoms with E-state index in [1.54, 1.807) is 0 Å². The molecule has 1 saturated heterocycles. The van der Waals surface area contributed by atoms with E-state index in [0.29, 0.717) is 25.0 Å². The third-order valence-corrected chi connectivity index (χ3v) is 5.69. The van der Waals surface area contributed by atoms with E-state index in [1.165, 1.54) is 6.92 Å². The van der Waals surface area contributed by atoms with Gasteiger partial charge in [0, 0.05) is 24.5 Å². The first-order chi connectivity index (χ1) is 13.1. The van der Waals surface area contributed by atoms with Gasteiger partial charge in [-0.25, -0.2) is 0 Å². The number of esters is 2. The lowest BCUT2D eigenvalue weighted by atomic mass is 9.86. The highest BCUT2D eigenvalue weighted by Crippen LogP contribution is 2.44. The van der Waals surface area contributed by atoms with Crippen molar-refractivity contribution in [3.05, 3.63) is 22.3 Å². The SMILES string of the molecule is CC(=O)Oc1c(C)c(CC[C@@H]2C[C@@H](O)CC(=O)O2)c2c(c1C)CCC(C)(C)O2. The second-order valence-electron chi connectivity index (χ2n) is 8.56. The second-order valence-corrected chi connectivity index (χ2v) is 8.56. The Morgan fingerprint density at radius 2 is 2.00 bits per heavy atom. The Kier molecular flexibility index (Phi) is 5.71. The minimum absolute atomic E-state index is 0.0589. The topological polar surface area (TPSA) is 82.1 Å². The average molecular weight is 390 g/mol. The number of ether oxygens (including phenoxy) is 3. The molecule has 2 atom stereocenters. The van der Waals surface area contributed by atoms with Crippen molar-refractivity contribution < 1.29 is 28.9 Å². The van der Waals surface area contributed by atoms with Crippen molar-refractivity contribution in [2.75, 3.05) is 0 Å². The van der Waals surface area contributed by atoms with E-state index in [4.69, 9.17) is 14.2 Å². The van der Waals surface area contributed by atoms with E-state index in [9.17, 15) is 14.7 Å². The molecule has 1 fully saturated rings. The lowest BCUT2D eigenvalue weighted by Gasteiger charge is -2.36. The molecule has 0 saturated carbocycles. The molecule has 1 N–H and O–H groups in total. The van der Waals surface area contributed by atoms with Crippen LogP contribution in [0, 0.1) is 13.8 Å². The number of benzene rings is 1. The van der Waals surface area contributed by atoms with E-state index >= 15 is 0 Å². The van der Waals surface area contributed by atoms with Gasteiger partial charge in [0.1, 0.15) is 23.2 Å². The molecule has 154 valence electrons. The maximum Gasteiger partial charge on any atom is 0.308 e. The summed E-state index contributed by atoms with van der Waals surface area (Å²) in [6.07, 6.45) is 2.48. The normalized spacial score (nSPS) is 23.4. The highest BCUT2D eigenvalue weighted by atomic mass is 16.5. The van der Waals surface area contributed by atoms with Crippen molar-refractivity contribution in [3.63, 3.8) is 0 Å². The van der Waals surface area contributed by atoms with Gasteiger partial charge in [0.25, 0.3) is 0 Å². The summed E-state index contributed by atoms with van der Waals surface area (Å²) in [5.74, 6) is 0.762. The summed E-state index contributed by atoms with van der Waals surface area (Å²) >= 11 is 0. The van der Waals surface area contributed by atoms with Gasteiger partial charge in [-0.1, -0.05) is 0 Å². The summed E-state index contributed by atoms with van der Waals surface area (Å²) in [6.45, 7) is 9.45. The quantitative estimate of drug-likeness (QED) is 0.627. The maximum absolute atomic E-state index is 11.6. The number of cyclic esters (lactones) is 1. The smallest absolute Gasteiger partial charge is 0.308 e. The highest BCUT2D eigenvalue weighted by molar-refractivity contribution is 5.72. The fourth-order valence-corrected chi connectivity index (χ4v) is 4.20. The van der Waals surface area contributed by atoms with Gasteiger partial charge in [-0.05, 0) is 64.5 Å². The van der Waals surface area contributed by atoms with Crippen LogP contribution in [-0.2, 0) is 27.2 Å². The van der Waals surface area contributed by atoms with Gasteiger partial charge in [-0.15, -0.1) is 0 Å². The van der Waals surface area contributed by atoms with Gasteiger partial charge < -0.3 is 19.3 Å². The van der Waals surface area contributed by atoms with Crippen LogP contribution in [0.25, 0.3) is 0 Å². The van der Waals surface area contributed by atoms with Crippen molar-refractivity contribution in [2.24, 2.45) is 0 Å². The van der Waals surface area contributed by atoms with Crippen molar-refractivity contribution in [1.82, 2.24) is 0 Å². The number of hydrogen-bond acceptors (Lipinski definition) is 6. The summed E-state index contributed by atoms with van der Waals surface area (Å²) in [6, 6.07) is 0. The first-order valence-corrected chi connectivity index (χ1v) is 9.97. The fourth-order valence-electron chi connectivity index (χ4n) is 4.20. The molecule has 2 heterocycles. The van der Waals surface area contributed by atoms with Crippen molar-refractivity contribution in [1.29, 1.82) is 0 Å². The van der Waals surface area contributed by atoms with Crippen LogP contribution in [-0.4, -0.2) is 34.9 Å². The predicted molar refractivity (Wildman–Crippen MR) is 104 cm³/mol. The summed E-state index contributed by atoms with van der Waals surface area (Å²) in [5.41, 5.74) is 3.63. The zero-order chi connectivity index (χ0) is 20.6. The Hall–Kier alpha value is -2.08. The molecule has 0 spiro atoms. The molecular weight excluding hydrogens is 360 g/mol. The van der Waals surface area contributed by atoms with Crippen molar-refractivity contribution >= 4 is 11.9 Å². The average Bonchev–Trinajstić information content (AvgIpc) is 2.56. The van der Waals surface area contributed by atoms with Crippen LogP contribution in [0.2, 0.25) is 0 Å². The molecule has 0 amide bonds. The number of fused-ring (bicyclic) bond motifs is 1. The van der Waals surface area contributed by atoms with Gasteiger partial charge in [0.05, 0.1) is 12.5 Å². The first-order valence-electron chi connectivity index (χ1n) is 9.97. The van der Waals surface area contributed by atoms with Gasteiger partial charge in [-0.3, -0.25) is 9.59 Å². The zero-order valence-electron chi connectivity index (χ0n) is 17.4. The zero-order valence-corrected chi connectivity index (χ0v) is 17.4. The fraction of sp³-hybridized carbons (Fsp3) is 0.636. The first kappa shape index (κ1) is 20.6. The van der Waals surface area contributed by atoms with E-state index in [2.05, 4.69) is 13.8 Å².